The maximum atomic E-state index is 14.5. The van der Waals surface area contributed by atoms with Crippen molar-refractivity contribution in [3.8, 4) is 28.3 Å². The van der Waals surface area contributed by atoms with Crippen molar-refractivity contribution in [1.82, 2.24) is 14.9 Å². The van der Waals surface area contributed by atoms with Crippen molar-refractivity contribution in [3.05, 3.63) is 70.8 Å². The highest BCUT2D eigenvalue weighted by Crippen LogP contribution is 2.43. The zero-order valence-electron chi connectivity index (χ0n) is 17.5. The number of hydrogen-bond acceptors (Lipinski definition) is 6. The zero-order chi connectivity index (χ0) is 24.6. The van der Waals surface area contributed by atoms with Gasteiger partial charge in [0.15, 0.2) is 11.5 Å². The summed E-state index contributed by atoms with van der Waals surface area (Å²) in [5.41, 5.74) is -2.88. The van der Waals surface area contributed by atoms with E-state index >= 15 is 0 Å². The number of aromatic nitrogens is 3. The maximum Gasteiger partial charge on any atom is 0.434 e. The molecule has 0 radical (unpaired) electrons. The maximum absolute atomic E-state index is 14.5. The molecular weight excluding hydrogens is 498 g/mol. The van der Waals surface area contributed by atoms with Gasteiger partial charge >= 0.3 is 12.1 Å². The Morgan fingerprint density at radius 2 is 1.88 bits per heavy atom. The van der Waals surface area contributed by atoms with Crippen molar-refractivity contribution in [3.63, 3.8) is 0 Å². The molecule has 0 N–H and O–H groups in total. The van der Waals surface area contributed by atoms with E-state index in [4.69, 9.17) is 20.9 Å². The minimum atomic E-state index is -4.90. The Kier molecular flexibility index (Phi) is 6.41. The Bertz CT molecular complexity index is 1350. The van der Waals surface area contributed by atoms with Crippen molar-refractivity contribution >= 4 is 29.3 Å². The number of alkyl halides is 3. The molecule has 2 aromatic heterocycles. The lowest BCUT2D eigenvalue weighted by atomic mass is 10.0. The van der Waals surface area contributed by atoms with E-state index in [1.165, 1.54) is 36.0 Å². The highest BCUT2D eigenvalue weighted by atomic mass is 35.5. The summed E-state index contributed by atoms with van der Waals surface area (Å²) in [7, 11) is 1.02. The predicted octanol–water partition coefficient (Wildman–Crippen LogP) is 6.51. The number of carbonyl (C=O) groups is 1. The zero-order valence-corrected chi connectivity index (χ0v) is 19.1. The molecule has 0 bridgehead atoms. The van der Waals surface area contributed by atoms with Crippen LogP contribution in [0.3, 0.4) is 0 Å². The van der Waals surface area contributed by atoms with Gasteiger partial charge in [-0.3, -0.25) is 0 Å². The van der Waals surface area contributed by atoms with Crippen LogP contribution in [0.25, 0.3) is 28.3 Å². The Balaban J connectivity index is 1.97. The highest BCUT2D eigenvalue weighted by Gasteiger charge is 2.42. The van der Waals surface area contributed by atoms with E-state index < -0.39 is 46.2 Å². The fraction of sp³-hybridized carbons (Fsp3) is 0.136. The average Bonchev–Trinajstić information content (AvgIpc) is 3.43. The van der Waals surface area contributed by atoms with Gasteiger partial charge in [-0.1, -0.05) is 22.8 Å². The van der Waals surface area contributed by atoms with Crippen LogP contribution in [0, 0.1) is 5.82 Å². The smallest absolute Gasteiger partial charge is 0.434 e. The van der Waals surface area contributed by atoms with E-state index in [-0.39, 0.29) is 16.3 Å². The number of rotatable bonds is 5. The fourth-order valence-corrected chi connectivity index (χ4v) is 4.03. The van der Waals surface area contributed by atoms with E-state index in [2.05, 4.69) is 10.3 Å². The number of ether oxygens (including phenoxy) is 1. The fourth-order valence-electron chi connectivity index (χ4n) is 3.37. The van der Waals surface area contributed by atoms with Gasteiger partial charge in [0.25, 0.3) is 0 Å². The summed E-state index contributed by atoms with van der Waals surface area (Å²) in [6.45, 7) is 0. The topological polar surface area (TPSA) is 70.2 Å². The van der Waals surface area contributed by atoms with Crippen LogP contribution in [0.2, 0.25) is 5.02 Å². The minimum Gasteiger partial charge on any atom is -0.465 e. The van der Waals surface area contributed by atoms with Crippen LogP contribution in [0.1, 0.15) is 16.1 Å². The van der Waals surface area contributed by atoms with E-state index in [1.54, 1.807) is 12.1 Å². The molecule has 176 valence electrons. The number of esters is 1. The van der Waals surface area contributed by atoms with Crippen LogP contribution in [-0.2, 0) is 10.9 Å². The largest absolute Gasteiger partial charge is 0.465 e. The van der Waals surface area contributed by atoms with E-state index in [0.717, 1.165) is 24.3 Å². The van der Waals surface area contributed by atoms with Crippen LogP contribution >= 0.6 is 23.4 Å². The molecule has 0 saturated carbocycles. The predicted molar refractivity (Wildman–Crippen MR) is 118 cm³/mol. The molecule has 0 saturated heterocycles. The number of benzene rings is 2. The van der Waals surface area contributed by atoms with E-state index in [1.807, 2.05) is 6.26 Å². The van der Waals surface area contributed by atoms with Crippen molar-refractivity contribution in [1.29, 1.82) is 0 Å². The molecule has 0 fully saturated rings. The second-order valence-electron chi connectivity index (χ2n) is 6.84. The molecule has 0 aliphatic carbocycles. The number of nitrogens with zero attached hydrogens (tertiary/aromatic N) is 3. The molecule has 0 atom stereocenters. The summed E-state index contributed by atoms with van der Waals surface area (Å²) in [5.74, 6) is -2.52. The third kappa shape index (κ3) is 4.16. The minimum absolute atomic E-state index is 0.120. The second-order valence-corrected chi connectivity index (χ2v) is 8.12. The first-order valence-electron chi connectivity index (χ1n) is 9.49. The molecule has 2 aromatic carbocycles. The third-order valence-electron chi connectivity index (χ3n) is 4.88. The standard InChI is InChI=1S/C22H14ClF4N3O3S/c1-32-21(31)17-18(16-14(23)4-3-5-15(16)24)29-33-19(17)13-10-28-30(20(13)22(25,26)27)11-6-8-12(34-2)9-7-11/h3-10H,1-2H3. The molecule has 0 unspecified atom stereocenters. The number of methoxy groups -OCH3 is 1. The lowest BCUT2D eigenvalue weighted by Gasteiger charge is -2.12. The van der Waals surface area contributed by atoms with Gasteiger partial charge in [-0.05, 0) is 42.7 Å². The van der Waals surface area contributed by atoms with Crippen molar-refractivity contribution in [2.45, 2.75) is 11.1 Å². The Morgan fingerprint density at radius 3 is 2.47 bits per heavy atom. The number of thioether (sulfide) groups is 1. The van der Waals surface area contributed by atoms with Gasteiger partial charge in [0.1, 0.15) is 17.1 Å². The average molecular weight is 512 g/mol. The van der Waals surface area contributed by atoms with Gasteiger partial charge in [-0.25, -0.2) is 13.9 Å². The molecule has 4 aromatic rings. The highest BCUT2D eigenvalue weighted by molar-refractivity contribution is 7.98. The lowest BCUT2D eigenvalue weighted by molar-refractivity contribution is -0.142. The molecule has 6 nitrogen and oxygen atoms in total. The van der Waals surface area contributed by atoms with Gasteiger partial charge in [0, 0.05) is 4.90 Å². The van der Waals surface area contributed by atoms with E-state index in [0.29, 0.717) is 4.68 Å². The molecule has 2 heterocycles. The molecule has 12 heteroatoms. The van der Waals surface area contributed by atoms with Crippen LogP contribution in [0.15, 0.2) is 58.1 Å². The first kappa shape index (κ1) is 23.8. The Hall–Kier alpha value is -3.31. The molecule has 34 heavy (non-hydrogen) atoms. The van der Waals surface area contributed by atoms with Gasteiger partial charge < -0.3 is 9.26 Å². The summed E-state index contributed by atoms with van der Waals surface area (Å²) in [6, 6.07) is 9.98. The first-order valence-corrected chi connectivity index (χ1v) is 11.1. The monoisotopic (exact) mass is 511 g/mol. The first-order chi connectivity index (χ1) is 16.2. The molecule has 0 aliphatic rings. The summed E-state index contributed by atoms with van der Waals surface area (Å²) < 4.78 is 67.7. The van der Waals surface area contributed by atoms with Gasteiger partial charge in [-0.2, -0.15) is 18.3 Å². The summed E-state index contributed by atoms with van der Waals surface area (Å²) in [4.78, 5) is 13.4. The number of hydrogen-bond donors (Lipinski definition) is 0. The van der Waals surface area contributed by atoms with Crippen LogP contribution < -0.4 is 0 Å². The third-order valence-corrected chi connectivity index (χ3v) is 5.94. The van der Waals surface area contributed by atoms with Gasteiger partial charge in [-0.15, -0.1) is 11.8 Å². The molecule has 0 spiro atoms. The van der Waals surface area contributed by atoms with Crippen LogP contribution in [0.4, 0.5) is 17.6 Å². The molecular formula is C22H14ClF4N3O3S. The van der Waals surface area contributed by atoms with Gasteiger partial charge in [0.05, 0.1) is 35.1 Å². The van der Waals surface area contributed by atoms with Gasteiger partial charge in [0.2, 0.25) is 0 Å². The summed E-state index contributed by atoms with van der Waals surface area (Å²) >= 11 is 7.51. The van der Waals surface area contributed by atoms with Crippen LogP contribution in [-0.4, -0.2) is 34.3 Å². The second kappa shape index (κ2) is 9.15. The molecule has 0 amide bonds. The Labute approximate surface area is 199 Å². The lowest BCUT2D eigenvalue weighted by Crippen LogP contribution is -2.15. The van der Waals surface area contributed by atoms with Crippen molar-refractivity contribution < 1.29 is 31.6 Å². The SMILES string of the molecule is COC(=O)c1c(-c2c(F)cccc2Cl)noc1-c1cnn(-c2ccc(SC)cc2)c1C(F)(F)F. The van der Waals surface area contributed by atoms with Crippen molar-refractivity contribution in [2.75, 3.05) is 13.4 Å². The van der Waals surface area contributed by atoms with Crippen molar-refractivity contribution in [2.24, 2.45) is 0 Å². The molecule has 4 rings (SSSR count). The molecule has 0 aliphatic heterocycles. The number of carbonyl (C=O) groups excluding carboxylic acids is 1. The normalized spacial score (nSPS) is 11.6. The van der Waals surface area contributed by atoms with E-state index in [9.17, 15) is 22.4 Å². The summed E-state index contributed by atoms with van der Waals surface area (Å²) in [6.07, 6.45) is -2.18. The van der Waals surface area contributed by atoms with Crippen LogP contribution in [0.5, 0.6) is 0 Å². The number of halogens is 5. The Morgan fingerprint density at radius 1 is 1.18 bits per heavy atom. The quantitative estimate of drug-likeness (QED) is 0.173. The summed E-state index contributed by atoms with van der Waals surface area (Å²) in [5, 5.41) is 7.43.